The fourth-order valence-corrected chi connectivity index (χ4v) is 3.79. The van der Waals surface area contributed by atoms with Crippen molar-refractivity contribution in [1.82, 2.24) is 4.90 Å². The molecule has 4 rings (SSSR count). The SMILES string of the molecule is O=C(O)c1ccc(NN=CC2=C(N3CCOCC3)/C(=C\c3ccccc3)CC2)cc1. The van der Waals surface area contributed by atoms with Crippen molar-refractivity contribution in [2.75, 3.05) is 31.7 Å². The fourth-order valence-electron chi connectivity index (χ4n) is 3.79. The lowest BCUT2D eigenvalue weighted by Gasteiger charge is -2.31. The molecule has 0 unspecified atom stereocenters. The first kappa shape index (κ1) is 19.9. The van der Waals surface area contributed by atoms with Crippen LogP contribution in [-0.4, -0.2) is 48.5 Å². The third kappa shape index (κ3) is 4.78. The van der Waals surface area contributed by atoms with Gasteiger partial charge in [0.05, 0.1) is 30.7 Å². The molecule has 1 saturated heterocycles. The average molecular weight is 403 g/mol. The van der Waals surface area contributed by atoms with E-state index < -0.39 is 5.97 Å². The van der Waals surface area contributed by atoms with E-state index in [2.05, 4.69) is 45.8 Å². The highest BCUT2D eigenvalue weighted by atomic mass is 16.5. The molecular formula is C24H25N3O3. The summed E-state index contributed by atoms with van der Waals surface area (Å²) in [5.41, 5.74) is 9.01. The van der Waals surface area contributed by atoms with Gasteiger partial charge in [0, 0.05) is 18.8 Å². The molecule has 0 amide bonds. The molecule has 2 aromatic carbocycles. The molecule has 2 N–H and O–H groups in total. The number of benzene rings is 2. The molecule has 154 valence electrons. The molecule has 1 aliphatic carbocycles. The van der Waals surface area contributed by atoms with E-state index >= 15 is 0 Å². The smallest absolute Gasteiger partial charge is 0.335 e. The number of nitrogens with zero attached hydrogens (tertiary/aromatic N) is 2. The number of carboxylic acid groups (broad SMARTS) is 1. The Bertz CT molecular complexity index is 973. The van der Waals surface area contributed by atoms with Crippen molar-refractivity contribution in [3.8, 4) is 0 Å². The van der Waals surface area contributed by atoms with Crippen molar-refractivity contribution in [1.29, 1.82) is 0 Å². The van der Waals surface area contributed by atoms with Crippen LogP contribution in [-0.2, 0) is 4.74 Å². The van der Waals surface area contributed by atoms with Gasteiger partial charge in [-0.3, -0.25) is 5.43 Å². The Morgan fingerprint density at radius 1 is 1.03 bits per heavy atom. The molecule has 30 heavy (non-hydrogen) atoms. The van der Waals surface area contributed by atoms with E-state index in [0.717, 1.165) is 44.8 Å². The van der Waals surface area contributed by atoms with E-state index in [1.807, 2.05) is 12.3 Å². The number of aromatic carboxylic acids is 1. The van der Waals surface area contributed by atoms with Crippen LogP contribution in [0.3, 0.4) is 0 Å². The summed E-state index contributed by atoms with van der Waals surface area (Å²) < 4.78 is 5.54. The Morgan fingerprint density at radius 3 is 2.47 bits per heavy atom. The molecule has 0 saturated carbocycles. The third-order valence-corrected chi connectivity index (χ3v) is 5.29. The fraction of sp³-hybridized carbons (Fsp3) is 0.250. The van der Waals surface area contributed by atoms with E-state index in [4.69, 9.17) is 9.84 Å². The molecule has 0 spiro atoms. The normalized spacial score (nSPS) is 18.4. The molecule has 1 heterocycles. The maximum Gasteiger partial charge on any atom is 0.335 e. The second-order valence-corrected chi connectivity index (χ2v) is 7.31. The number of hydrazone groups is 1. The molecule has 0 bridgehead atoms. The van der Waals surface area contributed by atoms with E-state index in [1.165, 1.54) is 22.4 Å². The van der Waals surface area contributed by atoms with E-state index in [9.17, 15) is 4.79 Å². The molecule has 1 fully saturated rings. The van der Waals surface area contributed by atoms with Crippen LogP contribution in [0.1, 0.15) is 28.8 Å². The lowest BCUT2D eigenvalue weighted by atomic mass is 10.1. The first-order chi connectivity index (χ1) is 14.7. The Labute approximate surface area is 176 Å². The highest BCUT2D eigenvalue weighted by Crippen LogP contribution is 2.35. The quantitative estimate of drug-likeness (QED) is 0.557. The van der Waals surface area contributed by atoms with Gasteiger partial charge in [0.15, 0.2) is 0 Å². The summed E-state index contributed by atoms with van der Waals surface area (Å²) in [5.74, 6) is -0.936. The summed E-state index contributed by atoms with van der Waals surface area (Å²) in [7, 11) is 0. The molecule has 2 aromatic rings. The predicted molar refractivity (Wildman–Crippen MR) is 119 cm³/mol. The van der Waals surface area contributed by atoms with Gasteiger partial charge in [-0.15, -0.1) is 0 Å². The van der Waals surface area contributed by atoms with Gasteiger partial charge < -0.3 is 14.7 Å². The zero-order chi connectivity index (χ0) is 20.8. The second-order valence-electron chi connectivity index (χ2n) is 7.31. The van der Waals surface area contributed by atoms with Crippen molar-refractivity contribution in [3.05, 3.63) is 82.6 Å². The molecule has 6 nitrogen and oxygen atoms in total. The zero-order valence-corrected chi connectivity index (χ0v) is 16.8. The van der Waals surface area contributed by atoms with Gasteiger partial charge in [-0.05, 0) is 59.9 Å². The molecule has 0 aromatic heterocycles. The van der Waals surface area contributed by atoms with Gasteiger partial charge in [0.25, 0.3) is 0 Å². The first-order valence-corrected chi connectivity index (χ1v) is 10.1. The topological polar surface area (TPSA) is 74.2 Å². The summed E-state index contributed by atoms with van der Waals surface area (Å²) in [5, 5.41) is 13.4. The van der Waals surface area contributed by atoms with Gasteiger partial charge in [0.2, 0.25) is 0 Å². The molecule has 0 radical (unpaired) electrons. The van der Waals surface area contributed by atoms with Crippen molar-refractivity contribution in [2.24, 2.45) is 5.10 Å². The Balaban J connectivity index is 1.56. The lowest BCUT2D eigenvalue weighted by molar-refractivity contribution is 0.0548. The second kappa shape index (κ2) is 9.41. The summed E-state index contributed by atoms with van der Waals surface area (Å²) in [4.78, 5) is 13.4. The zero-order valence-electron chi connectivity index (χ0n) is 16.8. The molecule has 6 heteroatoms. The summed E-state index contributed by atoms with van der Waals surface area (Å²) in [6.07, 6.45) is 6.08. The maximum atomic E-state index is 11.0. The van der Waals surface area contributed by atoms with Crippen LogP contribution < -0.4 is 5.43 Å². The number of hydrogen-bond acceptors (Lipinski definition) is 5. The molecule has 1 aliphatic heterocycles. The van der Waals surface area contributed by atoms with Gasteiger partial charge in [-0.2, -0.15) is 5.10 Å². The summed E-state index contributed by atoms with van der Waals surface area (Å²) >= 11 is 0. The van der Waals surface area contributed by atoms with E-state index in [0.29, 0.717) is 0 Å². The minimum absolute atomic E-state index is 0.258. The number of nitrogens with one attached hydrogen (secondary N) is 1. The van der Waals surface area contributed by atoms with Crippen LogP contribution in [0.25, 0.3) is 6.08 Å². The highest BCUT2D eigenvalue weighted by Gasteiger charge is 2.25. The van der Waals surface area contributed by atoms with E-state index in [-0.39, 0.29) is 5.56 Å². The monoisotopic (exact) mass is 403 g/mol. The number of carbonyl (C=O) groups is 1. The van der Waals surface area contributed by atoms with Crippen molar-refractivity contribution in [2.45, 2.75) is 12.8 Å². The number of morpholine rings is 1. The highest BCUT2D eigenvalue weighted by molar-refractivity contribution is 5.88. The maximum absolute atomic E-state index is 11.0. The van der Waals surface area contributed by atoms with Gasteiger partial charge >= 0.3 is 5.97 Å². The van der Waals surface area contributed by atoms with Gasteiger partial charge in [-0.25, -0.2) is 4.79 Å². The predicted octanol–water partition coefficient (Wildman–Crippen LogP) is 4.25. The third-order valence-electron chi connectivity index (χ3n) is 5.29. The van der Waals surface area contributed by atoms with Crippen LogP contribution in [0.2, 0.25) is 0 Å². The van der Waals surface area contributed by atoms with Crippen molar-refractivity contribution in [3.63, 3.8) is 0 Å². The average Bonchev–Trinajstić information content (AvgIpc) is 3.17. The van der Waals surface area contributed by atoms with Crippen LogP contribution in [0.15, 0.2) is 76.5 Å². The number of rotatable bonds is 6. The molecule has 2 aliphatic rings. The number of ether oxygens (including phenoxy) is 1. The standard InChI is InChI=1S/C24H25N3O3/c28-24(29)19-8-10-22(11-9-19)26-25-17-21-7-6-20(16-18-4-2-1-3-5-18)23(21)27-12-14-30-15-13-27/h1-5,8-11,16-17,26H,6-7,12-15H2,(H,28,29)/b20-16-,25-17?. The number of hydrogen-bond donors (Lipinski definition) is 2. The minimum atomic E-state index is -0.936. The van der Waals surface area contributed by atoms with Crippen LogP contribution in [0.4, 0.5) is 5.69 Å². The lowest BCUT2D eigenvalue weighted by Crippen LogP contribution is -2.36. The van der Waals surface area contributed by atoms with Crippen molar-refractivity contribution < 1.29 is 14.6 Å². The number of carboxylic acids is 1. The number of allylic oxidation sites excluding steroid dienone is 2. The largest absolute Gasteiger partial charge is 0.478 e. The van der Waals surface area contributed by atoms with Gasteiger partial charge in [-0.1, -0.05) is 30.3 Å². The summed E-state index contributed by atoms with van der Waals surface area (Å²) in [6.45, 7) is 3.23. The summed E-state index contributed by atoms with van der Waals surface area (Å²) in [6, 6.07) is 17.0. The van der Waals surface area contributed by atoms with Crippen LogP contribution in [0.5, 0.6) is 0 Å². The Kier molecular flexibility index (Phi) is 6.25. The number of anilines is 1. The Hall–Kier alpha value is -3.38. The first-order valence-electron chi connectivity index (χ1n) is 10.1. The van der Waals surface area contributed by atoms with Crippen molar-refractivity contribution >= 4 is 23.9 Å². The van der Waals surface area contributed by atoms with Crippen LogP contribution >= 0.6 is 0 Å². The molecule has 0 atom stereocenters. The Morgan fingerprint density at radius 2 is 1.77 bits per heavy atom. The van der Waals surface area contributed by atoms with Crippen LogP contribution in [0, 0.1) is 0 Å². The van der Waals surface area contributed by atoms with Gasteiger partial charge in [0.1, 0.15) is 0 Å². The van der Waals surface area contributed by atoms with E-state index in [1.54, 1.807) is 24.3 Å². The molecular weight excluding hydrogens is 378 g/mol. The minimum Gasteiger partial charge on any atom is -0.478 e.